The molecular weight excluding hydrogens is 282 g/mol. The Morgan fingerprint density at radius 1 is 1.40 bits per heavy atom. The topological polar surface area (TPSA) is 72.6 Å². The van der Waals surface area contributed by atoms with E-state index in [2.05, 4.69) is 5.16 Å². The summed E-state index contributed by atoms with van der Waals surface area (Å²) in [5.41, 5.74) is 1.37. The molecule has 1 aromatic heterocycles. The van der Waals surface area contributed by atoms with Gasteiger partial charge in [-0.3, -0.25) is 0 Å². The van der Waals surface area contributed by atoms with E-state index in [9.17, 15) is 4.79 Å². The van der Waals surface area contributed by atoms with E-state index in [1.165, 1.54) is 6.07 Å². The second-order valence-corrected chi connectivity index (χ2v) is 5.02. The number of hydrogen-bond donors (Lipinski definition) is 1. The third-order valence-corrected chi connectivity index (χ3v) is 3.22. The van der Waals surface area contributed by atoms with Gasteiger partial charge in [0.2, 0.25) is 0 Å². The van der Waals surface area contributed by atoms with Gasteiger partial charge in [0, 0.05) is 22.2 Å². The van der Waals surface area contributed by atoms with Gasteiger partial charge in [0.25, 0.3) is 0 Å². The molecule has 0 fully saturated rings. The average Bonchev–Trinajstić information content (AvgIpc) is 2.86. The lowest BCUT2D eigenvalue weighted by atomic mass is 9.99. The molecule has 0 aliphatic carbocycles. The average molecular weight is 296 g/mol. The minimum atomic E-state index is -1.14. The van der Waals surface area contributed by atoms with Gasteiger partial charge in [-0.15, -0.1) is 0 Å². The Kier molecular flexibility index (Phi) is 3.99. The minimum Gasteiger partial charge on any atom is -0.496 e. The Morgan fingerprint density at radius 2 is 2.10 bits per heavy atom. The van der Waals surface area contributed by atoms with Gasteiger partial charge in [0.05, 0.1) is 7.11 Å². The van der Waals surface area contributed by atoms with Crippen LogP contribution in [-0.4, -0.2) is 23.3 Å². The quantitative estimate of drug-likeness (QED) is 0.928. The van der Waals surface area contributed by atoms with Gasteiger partial charge in [-0.05, 0) is 18.1 Å². The van der Waals surface area contributed by atoms with Gasteiger partial charge >= 0.3 is 5.97 Å². The highest BCUT2D eigenvalue weighted by Crippen LogP contribution is 2.37. The first-order chi connectivity index (χ1) is 9.43. The molecule has 5 nitrogen and oxygen atoms in total. The van der Waals surface area contributed by atoms with Crippen molar-refractivity contribution in [2.24, 2.45) is 0 Å². The van der Waals surface area contributed by atoms with Gasteiger partial charge in [-0.2, -0.15) is 0 Å². The molecule has 0 radical (unpaired) electrons. The van der Waals surface area contributed by atoms with E-state index in [0.717, 1.165) is 5.56 Å². The summed E-state index contributed by atoms with van der Waals surface area (Å²) in [4.78, 5) is 10.8. The lowest BCUT2D eigenvalue weighted by Crippen LogP contribution is -1.96. The zero-order valence-electron chi connectivity index (χ0n) is 11.3. The Labute approximate surface area is 121 Å². The fraction of sp³-hybridized carbons (Fsp3) is 0.286. The van der Waals surface area contributed by atoms with Crippen molar-refractivity contribution in [1.29, 1.82) is 0 Å². The third kappa shape index (κ3) is 2.63. The van der Waals surface area contributed by atoms with Crippen LogP contribution in [0.4, 0.5) is 0 Å². The SMILES string of the molecule is COc1cc(-c2cc(C(=O)O)no2)cc(Cl)c1C(C)C. The van der Waals surface area contributed by atoms with E-state index in [-0.39, 0.29) is 11.6 Å². The first-order valence-corrected chi connectivity index (χ1v) is 6.39. The number of aromatic nitrogens is 1. The molecular formula is C14H14ClNO4. The Balaban J connectivity index is 2.52. The molecule has 106 valence electrons. The third-order valence-electron chi connectivity index (χ3n) is 2.90. The zero-order chi connectivity index (χ0) is 14.9. The van der Waals surface area contributed by atoms with E-state index >= 15 is 0 Å². The molecule has 6 heteroatoms. The molecule has 0 aliphatic rings. The van der Waals surface area contributed by atoms with Crippen LogP contribution in [0.2, 0.25) is 5.02 Å². The standard InChI is InChI=1S/C14H14ClNO4/c1-7(2)13-9(15)4-8(5-12(13)19-3)11-6-10(14(17)18)16-20-11/h4-7H,1-3H3,(H,17,18). The minimum absolute atomic E-state index is 0.150. The first kappa shape index (κ1) is 14.4. The molecule has 0 aliphatic heterocycles. The lowest BCUT2D eigenvalue weighted by Gasteiger charge is -2.14. The molecule has 1 N–H and O–H groups in total. The maximum Gasteiger partial charge on any atom is 0.358 e. The number of hydrogen-bond acceptors (Lipinski definition) is 4. The molecule has 0 amide bonds. The Bertz CT molecular complexity index is 649. The van der Waals surface area contributed by atoms with Crippen molar-refractivity contribution in [2.75, 3.05) is 7.11 Å². The normalized spacial score (nSPS) is 10.8. The summed E-state index contributed by atoms with van der Waals surface area (Å²) in [5.74, 6) is 0.0290. The highest BCUT2D eigenvalue weighted by molar-refractivity contribution is 6.32. The molecule has 0 spiro atoms. The fourth-order valence-corrected chi connectivity index (χ4v) is 2.41. The molecule has 0 unspecified atom stereocenters. The van der Waals surface area contributed by atoms with E-state index < -0.39 is 5.97 Å². The van der Waals surface area contributed by atoms with Crippen molar-refractivity contribution in [3.05, 3.63) is 34.5 Å². The smallest absolute Gasteiger partial charge is 0.358 e. The number of nitrogens with zero attached hydrogens (tertiary/aromatic N) is 1. The van der Waals surface area contributed by atoms with E-state index in [4.69, 9.17) is 26.0 Å². The number of benzene rings is 1. The van der Waals surface area contributed by atoms with Gasteiger partial charge in [-0.25, -0.2) is 4.79 Å². The van der Waals surface area contributed by atoms with Gasteiger partial charge in [0.15, 0.2) is 11.5 Å². The number of carbonyl (C=O) groups is 1. The number of aromatic carboxylic acids is 1. The molecule has 2 aromatic rings. The zero-order valence-corrected chi connectivity index (χ0v) is 12.1. The number of methoxy groups -OCH3 is 1. The van der Waals surface area contributed by atoms with E-state index in [1.807, 2.05) is 13.8 Å². The summed E-state index contributed by atoms with van der Waals surface area (Å²) in [6.07, 6.45) is 0. The maximum atomic E-state index is 10.8. The largest absolute Gasteiger partial charge is 0.496 e. The highest BCUT2D eigenvalue weighted by atomic mass is 35.5. The second kappa shape index (κ2) is 5.54. The molecule has 2 rings (SSSR count). The van der Waals surface area contributed by atoms with Crippen molar-refractivity contribution in [3.63, 3.8) is 0 Å². The second-order valence-electron chi connectivity index (χ2n) is 4.61. The maximum absolute atomic E-state index is 10.8. The predicted octanol–water partition coefficient (Wildman–Crippen LogP) is 3.83. The highest BCUT2D eigenvalue weighted by Gasteiger charge is 2.18. The Hall–Kier alpha value is -2.01. The molecule has 0 saturated carbocycles. The van der Waals surface area contributed by atoms with Crippen LogP contribution in [0.25, 0.3) is 11.3 Å². The van der Waals surface area contributed by atoms with Crippen molar-refractivity contribution >= 4 is 17.6 Å². The molecule has 20 heavy (non-hydrogen) atoms. The van der Waals surface area contributed by atoms with Gasteiger partial charge in [0.1, 0.15) is 5.75 Å². The molecule has 0 saturated heterocycles. The van der Waals surface area contributed by atoms with Crippen LogP contribution in [0.15, 0.2) is 22.7 Å². The van der Waals surface area contributed by atoms with E-state index in [1.54, 1.807) is 19.2 Å². The number of rotatable bonds is 4. The molecule has 0 bridgehead atoms. The summed E-state index contributed by atoms with van der Waals surface area (Å²) >= 11 is 6.27. The number of carboxylic acid groups (broad SMARTS) is 1. The molecule has 0 atom stereocenters. The first-order valence-electron chi connectivity index (χ1n) is 6.01. The van der Waals surface area contributed by atoms with Crippen molar-refractivity contribution in [3.8, 4) is 17.1 Å². The summed E-state index contributed by atoms with van der Waals surface area (Å²) in [5, 5.41) is 12.9. The van der Waals surface area contributed by atoms with Gasteiger partial charge < -0.3 is 14.4 Å². The van der Waals surface area contributed by atoms with Crippen molar-refractivity contribution in [1.82, 2.24) is 5.16 Å². The van der Waals surface area contributed by atoms with Crippen molar-refractivity contribution < 1.29 is 19.2 Å². The molecule has 1 aromatic carbocycles. The van der Waals surface area contributed by atoms with Crippen LogP contribution in [-0.2, 0) is 0 Å². The van der Waals surface area contributed by atoms with Crippen molar-refractivity contribution in [2.45, 2.75) is 19.8 Å². The summed E-state index contributed by atoms with van der Waals surface area (Å²) < 4.78 is 10.4. The number of carboxylic acids is 1. The van der Waals surface area contributed by atoms with Crippen LogP contribution < -0.4 is 4.74 Å². The predicted molar refractivity (Wildman–Crippen MR) is 74.5 cm³/mol. The van der Waals surface area contributed by atoms with Crippen LogP contribution in [0, 0.1) is 0 Å². The van der Waals surface area contributed by atoms with Crippen LogP contribution in [0.1, 0.15) is 35.8 Å². The summed E-state index contributed by atoms with van der Waals surface area (Å²) in [6.45, 7) is 4.03. The Morgan fingerprint density at radius 3 is 2.60 bits per heavy atom. The number of halogens is 1. The van der Waals surface area contributed by atoms with E-state index in [0.29, 0.717) is 22.1 Å². The fourth-order valence-electron chi connectivity index (χ4n) is 1.98. The summed E-state index contributed by atoms with van der Waals surface area (Å²) in [7, 11) is 1.56. The van der Waals surface area contributed by atoms with Gasteiger partial charge in [-0.1, -0.05) is 30.6 Å². The van der Waals surface area contributed by atoms with Crippen LogP contribution in [0.3, 0.4) is 0 Å². The summed E-state index contributed by atoms with van der Waals surface area (Å²) in [6, 6.07) is 4.82. The number of ether oxygens (including phenoxy) is 1. The monoisotopic (exact) mass is 295 g/mol. The van der Waals surface area contributed by atoms with Crippen LogP contribution >= 0.6 is 11.6 Å². The van der Waals surface area contributed by atoms with Crippen LogP contribution in [0.5, 0.6) is 5.75 Å². The lowest BCUT2D eigenvalue weighted by molar-refractivity contribution is 0.0686. The molecule has 1 heterocycles.